The quantitative estimate of drug-likeness (QED) is 0.711. The van der Waals surface area contributed by atoms with Crippen molar-refractivity contribution in [3.63, 3.8) is 0 Å². The van der Waals surface area contributed by atoms with Crippen molar-refractivity contribution >= 4 is 10.8 Å². The Balaban J connectivity index is 1.89. The van der Waals surface area contributed by atoms with Gasteiger partial charge in [-0.2, -0.15) is 0 Å². The zero-order chi connectivity index (χ0) is 13.5. The van der Waals surface area contributed by atoms with Crippen LogP contribution in [0.15, 0.2) is 42.5 Å². The molecule has 0 saturated heterocycles. The summed E-state index contributed by atoms with van der Waals surface area (Å²) in [5, 5.41) is 12.6. The molecule has 1 nitrogen and oxygen atoms in total. The second-order valence-electron chi connectivity index (χ2n) is 5.39. The highest BCUT2D eigenvalue weighted by Gasteiger charge is 2.06. The van der Waals surface area contributed by atoms with Gasteiger partial charge in [0.05, 0.1) is 6.10 Å². The molecule has 0 radical (unpaired) electrons. The summed E-state index contributed by atoms with van der Waals surface area (Å²) in [7, 11) is 0. The zero-order valence-corrected chi connectivity index (χ0v) is 11.8. The Morgan fingerprint density at radius 1 is 0.947 bits per heavy atom. The third-order valence-corrected chi connectivity index (χ3v) is 3.68. The number of fused-ring (bicyclic) bond motifs is 1. The summed E-state index contributed by atoms with van der Waals surface area (Å²) in [5.41, 5.74) is 1.24. The molecule has 0 fully saturated rings. The fourth-order valence-electron chi connectivity index (χ4n) is 2.55. The number of aliphatic hydroxyl groups excluding tert-OH is 1. The molecule has 1 N–H and O–H groups in total. The van der Waals surface area contributed by atoms with Gasteiger partial charge >= 0.3 is 0 Å². The largest absolute Gasteiger partial charge is 0.393 e. The summed E-state index contributed by atoms with van der Waals surface area (Å²) in [5.74, 6) is 0. The van der Waals surface area contributed by atoms with Gasteiger partial charge in [0.1, 0.15) is 0 Å². The molecule has 0 spiro atoms. The van der Waals surface area contributed by atoms with Gasteiger partial charge in [0.2, 0.25) is 0 Å². The highest BCUT2D eigenvalue weighted by molar-refractivity contribution is 5.82. The molecule has 0 aliphatic carbocycles. The van der Waals surface area contributed by atoms with E-state index in [9.17, 15) is 5.11 Å². The maximum absolute atomic E-state index is 10.1. The number of unbranched alkanes of at least 4 members (excludes halogenated alkanes) is 3. The molecule has 0 bridgehead atoms. The average Bonchev–Trinajstić information content (AvgIpc) is 2.43. The van der Waals surface area contributed by atoms with Crippen LogP contribution in [0.4, 0.5) is 0 Å². The smallest absolute Gasteiger partial charge is 0.0580 e. The minimum absolute atomic E-state index is 0.196. The maximum atomic E-state index is 10.1. The molecule has 0 aromatic heterocycles. The number of benzene rings is 2. The first-order chi connectivity index (χ1) is 9.29. The number of rotatable bonds is 7. The van der Waals surface area contributed by atoms with Crippen LogP contribution in [-0.2, 0) is 6.42 Å². The van der Waals surface area contributed by atoms with Crippen LogP contribution in [0, 0.1) is 0 Å². The number of aliphatic hydroxyl groups is 1. The molecule has 2 rings (SSSR count). The van der Waals surface area contributed by atoms with Crippen molar-refractivity contribution in [2.75, 3.05) is 0 Å². The Bertz CT molecular complexity index is 504. The predicted octanol–water partition coefficient (Wildman–Crippen LogP) is 4.71. The van der Waals surface area contributed by atoms with E-state index in [1.807, 2.05) is 0 Å². The Labute approximate surface area is 116 Å². The van der Waals surface area contributed by atoms with Gasteiger partial charge in [0.15, 0.2) is 0 Å². The van der Waals surface area contributed by atoms with Gasteiger partial charge in [-0.3, -0.25) is 0 Å². The lowest BCUT2D eigenvalue weighted by Gasteiger charge is -2.11. The molecule has 102 valence electrons. The lowest BCUT2D eigenvalue weighted by Crippen LogP contribution is -2.10. The van der Waals surface area contributed by atoms with Crippen LogP contribution in [-0.4, -0.2) is 11.2 Å². The van der Waals surface area contributed by atoms with Crippen molar-refractivity contribution in [3.05, 3.63) is 48.0 Å². The lowest BCUT2D eigenvalue weighted by atomic mass is 10.00. The molecule has 2 aromatic rings. The van der Waals surface area contributed by atoms with Crippen molar-refractivity contribution in [2.24, 2.45) is 0 Å². The van der Waals surface area contributed by atoms with Gasteiger partial charge in [0, 0.05) is 0 Å². The van der Waals surface area contributed by atoms with E-state index in [0.29, 0.717) is 0 Å². The van der Waals surface area contributed by atoms with Crippen LogP contribution in [0.3, 0.4) is 0 Å². The molecule has 0 aliphatic rings. The average molecular weight is 256 g/mol. The van der Waals surface area contributed by atoms with Gasteiger partial charge in [-0.15, -0.1) is 0 Å². The van der Waals surface area contributed by atoms with E-state index in [2.05, 4.69) is 49.4 Å². The Hall–Kier alpha value is -1.34. The standard InChI is InChI=1S/C18H24O/c1-2-3-4-5-10-18(19)14-15-11-12-16-8-6-7-9-17(16)13-15/h6-9,11-13,18-19H,2-5,10,14H2,1H3. The second kappa shape index (κ2) is 7.30. The van der Waals surface area contributed by atoms with E-state index in [0.717, 1.165) is 19.3 Å². The van der Waals surface area contributed by atoms with Gasteiger partial charge in [-0.1, -0.05) is 75.1 Å². The molecule has 1 unspecified atom stereocenters. The van der Waals surface area contributed by atoms with Crippen LogP contribution in [0.2, 0.25) is 0 Å². The molecule has 0 aliphatic heterocycles. The van der Waals surface area contributed by atoms with Gasteiger partial charge in [0.25, 0.3) is 0 Å². The predicted molar refractivity (Wildman–Crippen MR) is 82.4 cm³/mol. The van der Waals surface area contributed by atoms with Crippen LogP contribution in [0.1, 0.15) is 44.6 Å². The third kappa shape index (κ3) is 4.36. The minimum Gasteiger partial charge on any atom is -0.393 e. The van der Waals surface area contributed by atoms with Crippen molar-refractivity contribution < 1.29 is 5.11 Å². The summed E-state index contributed by atoms with van der Waals surface area (Å²) < 4.78 is 0. The van der Waals surface area contributed by atoms with E-state index >= 15 is 0 Å². The molecule has 19 heavy (non-hydrogen) atoms. The van der Waals surface area contributed by atoms with Crippen LogP contribution < -0.4 is 0 Å². The van der Waals surface area contributed by atoms with E-state index in [1.165, 1.54) is 35.6 Å². The molecule has 1 atom stereocenters. The van der Waals surface area contributed by atoms with E-state index < -0.39 is 0 Å². The summed E-state index contributed by atoms with van der Waals surface area (Å²) in [4.78, 5) is 0. The van der Waals surface area contributed by atoms with Crippen LogP contribution >= 0.6 is 0 Å². The fraction of sp³-hybridized carbons (Fsp3) is 0.444. The highest BCUT2D eigenvalue weighted by atomic mass is 16.3. The van der Waals surface area contributed by atoms with Crippen LogP contribution in [0.5, 0.6) is 0 Å². The van der Waals surface area contributed by atoms with E-state index in [1.54, 1.807) is 0 Å². The maximum Gasteiger partial charge on any atom is 0.0580 e. The van der Waals surface area contributed by atoms with Crippen molar-refractivity contribution in [2.45, 2.75) is 51.6 Å². The van der Waals surface area contributed by atoms with Gasteiger partial charge < -0.3 is 5.11 Å². The summed E-state index contributed by atoms with van der Waals surface area (Å²) in [6.45, 7) is 2.21. The van der Waals surface area contributed by atoms with Crippen molar-refractivity contribution in [1.29, 1.82) is 0 Å². The van der Waals surface area contributed by atoms with E-state index in [-0.39, 0.29) is 6.10 Å². The molecule has 0 saturated carbocycles. The summed E-state index contributed by atoms with van der Waals surface area (Å²) in [6.07, 6.45) is 6.42. The van der Waals surface area contributed by atoms with Crippen LogP contribution in [0.25, 0.3) is 10.8 Å². The molecule has 1 heteroatoms. The van der Waals surface area contributed by atoms with Gasteiger partial charge in [-0.05, 0) is 29.2 Å². The number of hydrogen-bond donors (Lipinski definition) is 1. The first-order valence-corrected chi connectivity index (χ1v) is 7.45. The van der Waals surface area contributed by atoms with Gasteiger partial charge in [-0.25, -0.2) is 0 Å². The minimum atomic E-state index is -0.196. The molecule has 0 heterocycles. The monoisotopic (exact) mass is 256 g/mol. The Kier molecular flexibility index (Phi) is 5.41. The first-order valence-electron chi connectivity index (χ1n) is 7.45. The molecular weight excluding hydrogens is 232 g/mol. The third-order valence-electron chi connectivity index (χ3n) is 3.68. The van der Waals surface area contributed by atoms with Crippen molar-refractivity contribution in [3.8, 4) is 0 Å². The Morgan fingerprint density at radius 3 is 2.53 bits per heavy atom. The first kappa shape index (κ1) is 14.1. The highest BCUT2D eigenvalue weighted by Crippen LogP contribution is 2.18. The SMILES string of the molecule is CCCCCCC(O)Cc1ccc2ccccc2c1. The second-order valence-corrected chi connectivity index (χ2v) is 5.39. The lowest BCUT2D eigenvalue weighted by molar-refractivity contribution is 0.161. The van der Waals surface area contributed by atoms with Crippen molar-refractivity contribution in [1.82, 2.24) is 0 Å². The molecule has 2 aromatic carbocycles. The summed E-state index contributed by atoms with van der Waals surface area (Å²) in [6, 6.07) is 14.9. The zero-order valence-electron chi connectivity index (χ0n) is 11.8. The normalized spacial score (nSPS) is 12.7. The Morgan fingerprint density at radius 2 is 1.74 bits per heavy atom. The number of hydrogen-bond acceptors (Lipinski definition) is 1. The molecular formula is C18H24O. The van der Waals surface area contributed by atoms with E-state index in [4.69, 9.17) is 0 Å². The fourth-order valence-corrected chi connectivity index (χ4v) is 2.55. The molecule has 0 amide bonds. The summed E-state index contributed by atoms with van der Waals surface area (Å²) >= 11 is 0. The topological polar surface area (TPSA) is 20.2 Å².